The maximum absolute atomic E-state index is 11.4. The fourth-order valence-electron chi connectivity index (χ4n) is 17.5. The normalized spacial score (nSPS) is 12.8. The van der Waals surface area contributed by atoms with Crippen LogP contribution < -0.4 is 21.3 Å². The molecule has 0 spiro atoms. The summed E-state index contributed by atoms with van der Waals surface area (Å²) in [7, 11) is 0. The first-order valence-corrected chi connectivity index (χ1v) is 35.9. The van der Waals surface area contributed by atoms with Gasteiger partial charge >= 0.3 is 0 Å². The number of para-hydroxylation sites is 6. The van der Waals surface area contributed by atoms with Crippen LogP contribution in [-0.4, -0.2) is 15.8 Å². The summed E-state index contributed by atoms with van der Waals surface area (Å²) in [5.41, 5.74) is 32.0. The molecule has 0 saturated carbocycles. The highest BCUT2D eigenvalue weighted by Gasteiger charge is 2.46. The number of nitriles is 1. The molecule has 0 saturated heterocycles. The van der Waals surface area contributed by atoms with Crippen LogP contribution in [0.5, 0.6) is 0 Å². The highest BCUT2D eigenvalue weighted by molar-refractivity contribution is 6.99. The molecule has 4 heterocycles. The van der Waals surface area contributed by atoms with Gasteiger partial charge in [-0.15, -0.1) is 0 Å². The number of aromatic nitrogens is 2. The first-order valence-electron chi connectivity index (χ1n) is 35.9. The van der Waals surface area contributed by atoms with E-state index in [1.165, 1.54) is 38.0 Å². The van der Waals surface area contributed by atoms with Crippen LogP contribution >= 0.6 is 0 Å². The molecule has 0 radical (unpaired) electrons. The number of hydrogen-bond acceptors (Lipinski definition) is 2. The van der Waals surface area contributed by atoms with Crippen LogP contribution in [0.1, 0.15) is 28.2 Å². The number of hydrogen-bond donors (Lipinski definition) is 0. The largest absolute Gasteiger partial charge is 0.310 e. The van der Waals surface area contributed by atoms with Crippen LogP contribution in [0.25, 0.3) is 138 Å². The fourth-order valence-corrected chi connectivity index (χ4v) is 17.5. The second-order valence-corrected chi connectivity index (χ2v) is 27.5. The molecule has 1 unspecified atom stereocenters. The van der Waals surface area contributed by atoms with Crippen LogP contribution in [0.4, 0.5) is 22.7 Å². The lowest BCUT2D eigenvalue weighted by atomic mass is 9.31. The molecular formula is C99H62BN5. The minimum Gasteiger partial charge on any atom is -0.310 e. The van der Waals surface area contributed by atoms with E-state index in [9.17, 15) is 5.26 Å². The highest BCUT2D eigenvalue weighted by Crippen LogP contribution is 2.54. The van der Waals surface area contributed by atoms with Crippen LogP contribution in [0.2, 0.25) is 0 Å². The lowest BCUT2D eigenvalue weighted by Crippen LogP contribution is -2.62. The fraction of sp³-hybridized carbons (Fsp3) is 0.0101. The molecule has 18 aromatic rings. The average molecular weight is 1330 g/mol. The molecule has 6 heteroatoms. The minimum absolute atomic E-state index is 0.326. The van der Waals surface area contributed by atoms with Gasteiger partial charge in [0.15, 0.2) is 5.69 Å². The van der Waals surface area contributed by atoms with Crippen molar-refractivity contribution in [2.24, 2.45) is 0 Å². The van der Waals surface area contributed by atoms with Crippen LogP contribution in [0.15, 0.2) is 370 Å². The first kappa shape index (κ1) is 60.9. The molecule has 20 rings (SSSR count). The zero-order valence-electron chi connectivity index (χ0n) is 57.1. The molecule has 5 nitrogen and oxygen atoms in total. The van der Waals surface area contributed by atoms with Gasteiger partial charge in [-0.05, 0) is 173 Å². The van der Waals surface area contributed by atoms with Gasteiger partial charge in [0.05, 0.1) is 46.0 Å². The van der Waals surface area contributed by atoms with Gasteiger partial charge in [-0.2, -0.15) is 5.26 Å². The molecule has 0 aliphatic carbocycles. The molecule has 0 bridgehead atoms. The van der Waals surface area contributed by atoms with Crippen LogP contribution in [-0.2, 0) is 0 Å². The first-order chi connectivity index (χ1) is 52.0. The summed E-state index contributed by atoms with van der Waals surface area (Å²) in [6, 6.07) is 137. The average Bonchev–Trinajstić information content (AvgIpc) is 1.16. The Hall–Kier alpha value is -14.0. The van der Waals surface area contributed by atoms with E-state index in [4.69, 9.17) is 6.57 Å². The molecule has 486 valence electrons. The number of benzene rings is 16. The van der Waals surface area contributed by atoms with Crippen molar-refractivity contribution in [1.29, 1.82) is 5.26 Å². The Morgan fingerprint density at radius 2 is 0.752 bits per heavy atom. The van der Waals surface area contributed by atoms with Gasteiger partial charge in [0, 0.05) is 55.8 Å². The third-order valence-electron chi connectivity index (χ3n) is 21.9. The number of anilines is 3. The Kier molecular flexibility index (Phi) is 14.5. The van der Waals surface area contributed by atoms with Crippen molar-refractivity contribution < 1.29 is 0 Å². The zero-order chi connectivity index (χ0) is 69.6. The standard InChI is InChI=1S/C99H62BN5/c1-102-89-48-18-13-39-78(89)84-47-26-45-77(70-37-24-35-68(58-70)65-29-7-3-8-30-65)99(84)105-94-62-74(104-92-51-21-16-42-81(92)82-43-17-22-52-93(82)104)54-56-88(94)100-87-55-53-73(103-90-49-19-14-40-79(90)80-41-15-20-50-91(80)103)61-85(87)97(86-59-72(60-95(105)98(86)100)66-31-9-4-10-32-66)96-76(44-25-46-83(96)75-38-12-11-33-71(75)63-101)69-36-23-34-67(57-69)64-27-5-2-6-28-64/h2-62,97H. The molecule has 2 aromatic heterocycles. The molecule has 105 heavy (non-hydrogen) atoms. The van der Waals surface area contributed by atoms with Gasteiger partial charge in [-0.3, -0.25) is 0 Å². The van der Waals surface area contributed by atoms with Crippen molar-refractivity contribution >= 4 is 89.5 Å². The summed E-state index contributed by atoms with van der Waals surface area (Å²) in [4.78, 5) is 6.92. The molecule has 0 amide bonds. The van der Waals surface area contributed by atoms with E-state index < -0.39 is 5.92 Å². The Balaban J connectivity index is 0.968. The van der Waals surface area contributed by atoms with Crippen molar-refractivity contribution in [1.82, 2.24) is 9.13 Å². The topological polar surface area (TPSA) is 41.2 Å². The third-order valence-corrected chi connectivity index (χ3v) is 21.9. The van der Waals surface area contributed by atoms with Crippen molar-refractivity contribution in [3.63, 3.8) is 0 Å². The van der Waals surface area contributed by atoms with Gasteiger partial charge in [0.1, 0.15) is 0 Å². The summed E-state index contributed by atoms with van der Waals surface area (Å²) in [5, 5.41) is 16.1. The van der Waals surface area contributed by atoms with Crippen LogP contribution in [0.3, 0.4) is 0 Å². The van der Waals surface area contributed by atoms with Gasteiger partial charge in [0.2, 0.25) is 6.71 Å². The summed E-state index contributed by atoms with van der Waals surface area (Å²) >= 11 is 0. The molecule has 2 aliphatic heterocycles. The van der Waals surface area contributed by atoms with E-state index in [2.05, 4.69) is 371 Å². The number of fused-ring (bicyclic) bond motifs is 10. The second-order valence-electron chi connectivity index (χ2n) is 27.5. The van der Waals surface area contributed by atoms with Crippen molar-refractivity contribution in [2.75, 3.05) is 4.90 Å². The van der Waals surface area contributed by atoms with Gasteiger partial charge in [0.25, 0.3) is 0 Å². The van der Waals surface area contributed by atoms with Crippen molar-refractivity contribution in [3.8, 4) is 95.3 Å². The maximum Gasteiger partial charge on any atom is 0.247 e. The minimum atomic E-state index is -0.472. The molecule has 0 N–H and O–H groups in total. The summed E-state index contributed by atoms with van der Waals surface area (Å²) in [6.45, 7) is 8.59. The third kappa shape index (κ3) is 9.84. The summed E-state index contributed by atoms with van der Waals surface area (Å²) < 4.78 is 4.91. The van der Waals surface area contributed by atoms with Crippen LogP contribution in [0, 0.1) is 17.9 Å². The lowest BCUT2D eigenvalue weighted by Gasteiger charge is -2.45. The van der Waals surface area contributed by atoms with E-state index in [0.717, 1.165) is 145 Å². The Morgan fingerprint density at radius 1 is 0.314 bits per heavy atom. The number of rotatable bonds is 11. The van der Waals surface area contributed by atoms with E-state index >= 15 is 0 Å². The van der Waals surface area contributed by atoms with Crippen molar-refractivity contribution in [3.05, 3.63) is 404 Å². The lowest BCUT2D eigenvalue weighted by molar-refractivity contribution is 0.983. The predicted octanol–water partition coefficient (Wildman–Crippen LogP) is 23.8. The zero-order valence-corrected chi connectivity index (χ0v) is 57.1. The second kappa shape index (κ2) is 24.9. The Morgan fingerprint density at radius 3 is 1.33 bits per heavy atom. The van der Waals surface area contributed by atoms with Crippen molar-refractivity contribution in [2.45, 2.75) is 5.92 Å². The van der Waals surface area contributed by atoms with Gasteiger partial charge in [-0.25, -0.2) is 4.85 Å². The Bertz CT molecular complexity index is 6160. The SMILES string of the molecule is [C-]#[N+]c1ccccc1-c1cccc(-c2cccc(-c3ccccc3)c2)c1N1c2cc(-n3c4ccccc4c4ccccc43)ccc2B2c3ccc(-n4c5ccccc5c5ccccc54)cc3C(c3c(-c4cccc(-c5ccccc5)c4)cccc3-c3ccccc3C#N)c3cc(-c4ccccc4)cc1c32. The smallest absolute Gasteiger partial charge is 0.247 e. The van der Waals surface area contributed by atoms with E-state index in [1.54, 1.807) is 0 Å². The van der Waals surface area contributed by atoms with E-state index in [0.29, 0.717) is 11.3 Å². The number of nitrogens with zero attached hydrogens (tertiary/aromatic N) is 5. The maximum atomic E-state index is 11.4. The van der Waals surface area contributed by atoms with E-state index in [1.807, 2.05) is 24.3 Å². The molecule has 16 aromatic carbocycles. The van der Waals surface area contributed by atoms with Gasteiger partial charge < -0.3 is 14.0 Å². The Labute approximate surface area is 609 Å². The quantitative estimate of drug-likeness (QED) is 0.0957. The molecular weight excluding hydrogens is 1270 g/mol. The highest BCUT2D eigenvalue weighted by atomic mass is 15.2. The predicted molar refractivity (Wildman–Crippen MR) is 437 cm³/mol. The summed E-state index contributed by atoms with van der Waals surface area (Å²) in [6.07, 6.45) is 0. The molecule has 1 atom stereocenters. The van der Waals surface area contributed by atoms with Gasteiger partial charge in [-0.1, -0.05) is 303 Å². The summed E-state index contributed by atoms with van der Waals surface area (Å²) in [5.74, 6) is -0.472. The molecule has 2 aliphatic rings. The van der Waals surface area contributed by atoms with E-state index in [-0.39, 0.29) is 6.71 Å². The monoisotopic (exact) mass is 1330 g/mol. The molecule has 0 fully saturated rings.